The van der Waals surface area contributed by atoms with Crippen molar-refractivity contribution in [1.29, 1.82) is 0 Å². The average molecular weight is 180 g/mol. The Balaban J connectivity index is 3.04. The third-order valence-corrected chi connectivity index (χ3v) is 2.13. The Labute approximate surface area is 77.6 Å². The minimum atomic E-state index is -0.332. The molecule has 1 unspecified atom stereocenters. The van der Waals surface area contributed by atoms with Crippen LogP contribution in [0.2, 0.25) is 0 Å². The molecule has 1 aromatic carbocycles. The van der Waals surface area contributed by atoms with E-state index in [4.69, 9.17) is 0 Å². The van der Waals surface area contributed by atoms with Crippen molar-refractivity contribution >= 4 is 6.29 Å². The van der Waals surface area contributed by atoms with Crippen LogP contribution in [0.15, 0.2) is 24.3 Å². The minimum Gasteiger partial charge on any atom is -0.303 e. The number of halogens is 1. The first kappa shape index (κ1) is 9.90. The average Bonchev–Trinajstić information content (AvgIpc) is 2.09. The van der Waals surface area contributed by atoms with E-state index in [1.807, 2.05) is 13.8 Å². The van der Waals surface area contributed by atoms with Gasteiger partial charge < -0.3 is 4.79 Å². The molecule has 0 saturated heterocycles. The van der Waals surface area contributed by atoms with E-state index in [0.717, 1.165) is 6.29 Å². The van der Waals surface area contributed by atoms with Gasteiger partial charge in [0.15, 0.2) is 0 Å². The molecule has 13 heavy (non-hydrogen) atoms. The Morgan fingerprint density at radius 1 is 1.31 bits per heavy atom. The van der Waals surface area contributed by atoms with Gasteiger partial charge in [0, 0.05) is 5.92 Å². The van der Waals surface area contributed by atoms with Crippen molar-refractivity contribution < 1.29 is 9.18 Å². The predicted molar refractivity (Wildman–Crippen MR) is 50.0 cm³/mol. The normalized spacial score (nSPS) is 12.9. The Hall–Kier alpha value is -1.18. The molecule has 0 aliphatic carbocycles. The first-order valence-corrected chi connectivity index (χ1v) is 4.36. The van der Waals surface area contributed by atoms with Crippen molar-refractivity contribution in [2.75, 3.05) is 0 Å². The second-order valence-electron chi connectivity index (χ2n) is 3.43. The lowest BCUT2D eigenvalue weighted by atomic mass is 9.89. The zero-order valence-electron chi connectivity index (χ0n) is 7.83. The van der Waals surface area contributed by atoms with Crippen LogP contribution in [0, 0.1) is 11.7 Å². The lowest BCUT2D eigenvalue weighted by molar-refractivity contribution is -0.109. The first-order chi connectivity index (χ1) is 6.16. The summed E-state index contributed by atoms with van der Waals surface area (Å²) in [4.78, 5) is 10.7. The number of hydrogen-bond donors (Lipinski definition) is 0. The Morgan fingerprint density at radius 3 is 2.38 bits per heavy atom. The number of hydrogen-bond acceptors (Lipinski definition) is 1. The molecule has 70 valence electrons. The molecule has 0 amide bonds. The van der Waals surface area contributed by atoms with Crippen LogP contribution < -0.4 is 0 Å². The number of carbonyl (C=O) groups excluding carboxylic acids is 1. The molecule has 0 spiro atoms. The predicted octanol–water partition coefficient (Wildman–Crippen LogP) is 2.76. The highest BCUT2D eigenvalue weighted by molar-refractivity contribution is 5.62. The SMILES string of the molecule is CC(C)C(C=O)c1ccccc1F. The van der Waals surface area contributed by atoms with Gasteiger partial charge in [0.2, 0.25) is 0 Å². The van der Waals surface area contributed by atoms with Gasteiger partial charge >= 0.3 is 0 Å². The summed E-state index contributed by atoms with van der Waals surface area (Å²) in [5, 5.41) is 0. The van der Waals surface area contributed by atoms with Crippen LogP contribution in [-0.4, -0.2) is 6.29 Å². The van der Waals surface area contributed by atoms with Gasteiger partial charge in [-0.05, 0) is 17.5 Å². The van der Waals surface area contributed by atoms with Crippen molar-refractivity contribution in [1.82, 2.24) is 0 Å². The van der Waals surface area contributed by atoms with E-state index in [0.29, 0.717) is 5.56 Å². The summed E-state index contributed by atoms with van der Waals surface area (Å²) >= 11 is 0. The van der Waals surface area contributed by atoms with Crippen LogP contribution in [0.5, 0.6) is 0 Å². The molecule has 1 rings (SSSR count). The van der Waals surface area contributed by atoms with Crippen LogP contribution in [-0.2, 0) is 4.79 Å². The van der Waals surface area contributed by atoms with Crippen molar-refractivity contribution in [3.8, 4) is 0 Å². The molecule has 0 radical (unpaired) electrons. The topological polar surface area (TPSA) is 17.1 Å². The molecular weight excluding hydrogens is 167 g/mol. The first-order valence-electron chi connectivity index (χ1n) is 4.36. The highest BCUT2D eigenvalue weighted by Crippen LogP contribution is 2.24. The van der Waals surface area contributed by atoms with E-state index in [-0.39, 0.29) is 17.7 Å². The quantitative estimate of drug-likeness (QED) is 0.654. The third-order valence-electron chi connectivity index (χ3n) is 2.13. The maximum Gasteiger partial charge on any atom is 0.127 e. The van der Waals surface area contributed by atoms with E-state index in [2.05, 4.69) is 0 Å². The molecule has 0 N–H and O–H groups in total. The van der Waals surface area contributed by atoms with Crippen LogP contribution in [0.1, 0.15) is 25.3 Å². The zero-order valence-corrected chi connectivity index (χ0v) is 7.83. The van der Waals surface area contributed by atoms with Crippen molar-refractivity contribution in [3.05, 3.63) is 35.6 Å². The maximum atomic E-state index is 13.2. The van der Waals surface area contributed by atoms with Gasteiger partial charge in [0.1, 0.15) is 12.1 Å². The highest BCUT2D eigenvalue weighted by atomic mass is 19.1. The Kier molecular flexibility index (Phi) is 3.18. The van der Waals surface area contributed by atoms with E-state index < -0.39 is 0 Å². The number of benzene rings is 1. The molecule has 1 aromatic rings. The van der Waals surface area contributed by atoms with E-state index in [1.54, 1.807) is 18.2 Å². The second kappa shape index (κ2) is 4.17. The molecule has 2 heteroatoms. The standard InChI is InChI=1S/C11H13FO/c1-8(2)10(7-13)9-5-3-4-6-11(9)12/h3-8,10H,1-2H3. The van der Waals surface area contributed by atoms with E-state index >= 15 is 0 Å². The number of carbonyl (C=O) groups is 1. The van der Waals surface area contributed by atoms with Crippen molar-refractivity contribution in [3.63, 3.8) is 0 Å². The summed E-state index contributed by atoms with van der Waals surface area (Å²) in [7, 11) is 0. The second-order valence-corrected chi connectivity index (χ2v) is 3.43. The van der Waals surface area contributed by atoms with Gasteiger partial charge in [-0.3, -0.25) is 0 Å². The summed E-state index contributed by atoms with van der Waals surface area (Å²) in [6, 6.07) is 6.42. The molecule has 0 heterocycles. The molecule has 0 bridgehead atoms. The zero-order chi connectivity index (χ0) is 9.84. The molecule has 1 atom stereocenters. The number of rotatable bonds is 3. The lowest BCUT2D eigenvalue weighted by Crippen LogP contribution is -2.09. The molecule has 0 fully saturated rings. The fourth-order valence-electron chi connectivity index (χ4n) is 1.33. The molecule has 0 aromatic heterocycles. The lowest BCUT2D eigenvalue weighted by Gasteiger charge is -2.14. The van der Waals surface area contributed by atoms with Crippen molar-refractivity contribution in [2.45, 2.75) is 19.8 Å². The van der Waals surface area contributed by atoms with Gasteiger partial charge in [-0.1, -0.05) is 32.0 Å². The van der Waals surface area contributed by atoms with Gasteiger partial charge in [-0.25, -0.2) is 4.39 Å². The minimum absolute atomic E-state index is 0.134. The van der Waals surface area contributed by atoms with Crippen molar-refractivity contribution in [2.24, 2.45) is 5.92 Å². The summed E-state index contributed by atoms with van der Waals surface area (Å²) in [6.45, 7) is 3.82. The summed E-state index contributed by atoms with van der Waals surface area (Å²) in [5.41, 5.74) is 0.493. The van der Waals surface area contributed by atoms with Gasteiger partial charge in [0.05, 0.1) is 0 Å². The van der Waals surface area contributed by atoms with Crippen LogP contribution >= 0.6 is 0 Å². The monoisotopic (exact) mass is 180 g/mol. The van der Waals surface area contributed by atoms with Gasteiger partial charge in [-0.15, -0.1) is 0 Å². The smallest absolute Gasteiger partial charge is 0.127 e. The molecule has 1 nitrogen and oxygen atoms in total. The Bertz CT molecular complexity index is 294. The van der Waals surface area contributed by atoms with Crippen LogP contribution in [0.3, 0.4) is 0 Å². The highest BCUT2D eigenvalue weighted by Gasteiger charge is 2.17. The molecule has 0 aliphatic heterocycles. The van der Waals surface area contributed by atoms with E-state index in [9.17, 15) is 9.18 Å². The summed E-state index contributed by atoms with van der Waals surface area (Å²) in [6.07, 6.45) is 0.809. The number of aldehydes is 1. The molecule has 0 saturated carbocycles. The summed E-state index contributed by atoms with van der Waals surface area (Å²) < 4.78 is 13.2. The molecule has 0 aliphatic rings. The molecular formula is C11H13FO. The summed E-state index contributed by atoms with van der Waals surface area (Å²) in [5.74, 6) is -0.496. The van der Waals surface area contributed by atoms with Crippen LogP contribution in [0.4, 0.5) is 4.39 Å². The van der Waals surface area contributed by atoms with E-state index in [1.165, 1.54) is 6.07 Å². The van der Waals surface area contributed by atoms with Gasteiger partial charge in [-0.2, -0.15) is 0 Å². The fraction of sp³-hybridized carbons (Fsp3) is 0.364. The fourth-order valence-corrected chi connectivity index (χ4v) is 1.33. The van der Waals surface area contributed by atoms with Gasteiger partial charge in [0.25, 0.3) is 0 Å². The largest absolute Gasteiger partial charge is 0.303 e. The Morgan fingerprint density at radius 2 is 1.92 bits per heavy atom. The van der Waals surface area contributed by atoms with Crippen LogP contribution in [0.25, 0.3) is 0 Å². The maximum absolute atomic E-state index is 13.2. The third kappa shape index (κ3) is 2.14.